The van der Waals surface area contributed by atoms with E-state index in [1.807, 2.05) is 26.0 Å². The van der Waals surface area contributed by atoms with Crippen molar-refractivity contribution < 1.29 is 18.4 Å². The number of hydrogen-bond donors (Lipinski definition) is 2. The molecule has 0 aliphatic carbocycles. The molecule has 0 saturated carbocycles. The molecule has 29 heavy (non-hydrogen) atoms. The Morgan fingerprint density at radius 2 is 1.59 bits per heavy atom. The van der Waals surface area contributed by atoms with E-state index in [0.29, 0.717) is 11.4 Å². The van der Waals surface area contributed by atoms with Crippen molar-refractivity contribution in [2.75, 3.05) is 10.6 Å². The molecule has 2 N–H and O–H groups in total. The second-order valence-corrected chi connectivity index (χ2v) is 6.93. The molecule has 4 rings (SSSR count). The Labute approximate surface area is 167 Å². The second-order valence-electron chi connectivity index (χ2n) is 6.93. The molecule has 0 bridgehead atoms. The standard InChI is InChI=1S/C23H20N2O4/c1-14-10-19-16(13-29-21(19)11-15(14)2)12-22(26)24-17-5-7-18(8-6-17)25-23(27)20-4-3-9-28-20/h3-11,13H,12H2,1-2H3,(H,24,26)(H,25,27). The average Bonchev–Trinajstić information content (AvgIpc) is 3.35. The zero-order chi connectivity index (χ0) is 20.4. The van der Waals surface area contributed by atoms with Crippen molar-refractivity contribution in [3.8, 4) is 0 Å². The molecule has 6 nitrogen and oxygen atoms in total. The highest BCUT2D eigenvalue weighted by atomic mass is 16.3. The molecular weight excluding hydrogens is 368 g/mol. The molecule has 6 heteroatoms. The first-order valence-electron chi connectivity index (χ1n) is 9.22. The Hall–Kier alpha value is -3.80. The van der Waals surface area contributed by atoms with E-state index in [-0.39, 0.29) is 24.0 Å². The van der Waals surface area contributed by atoms with E-state index in [4.69, 9.17) is 8.83 Å². The number of carbonyl (C=O) groups excluding carboxylic acids is 2. The maximum absolute atomic E-state index is 12.5. The van der Waals surface area contributed by atoms with Crippen molar-refractivity contribution in [3.05, 3.63) is 83.5 Å². The van der Waals surface area contributed by atoms with Crippen molar-refractivity contribution in [2.45, 2.75) is 20.3 Å². The van der Waals surface area contributed by atoms with Gasteiger partial charge in [0.2, 0.25) is 5.91 Å². The number of anilines is 2. The minimum atomic E-state index is -0.329. The van der Waals surface area contributed by atoms with Crippen LogP contribution in [0.5, 0.6) is 0 Å². The van der Waals surface area contributed by atoms with Crippen LogP contribution >= 0.6 is 0 Å². The summed E-state index contributed by atoms with van der Waals surface area (Å²) in [6, 6.07) is 14.2. The van der Waals surface area contributed by atoms with Gasteiger partial charge in [0, 0.05) is 22.3 Å². The molecule has 0 aliphatic rings. The van der Waals surface area contributed by atoms with Crippen LogP contribution in [0.4, 0.5) is 11.4 Å². The number of carbonyl (C=O) groups is 2. The van der Waals surface area contributed by atoms with E-state index in [2.05, 4.69) is 10.6 Å². The van der Waals surface area contributed by atoms with Crippen molar-refractivity contribution in [1.29, 1.82) is 0 Å². The molecule has 146 valence electrons. The van der Waals surface area contributed by atoms with E-state index < -0.39 is 0 Å². The summed E-state index contributed by atoms with van der Waals surface area (Å²) in [5.41, 5.74) is 5.20. The fraction of sp³-hybridized carbons (Fsp3) is 0.130. The zero-order valence-corrected chi connectivity index (χ0v) is 16.1. The molecule has 0 unspecified atom stereocenters. The van der Waals surface area contributed by atoms with Crippen molar-refractivity contribution >= 4 is 34.2 Å². The highest BCUT2D eigenvalue weighted by Crippen LogP contribution is 2.25. The van der Waals surface area contributed by atoms with E-state index in [9.17, 15) is 9.59 Å². The minimum absolute atomic E-state index is 0.140. The Bertz CT molecular complexity index is 1170. The quantitative estimate of drug-likeness (QED) is 0.499. The Balaban J connectivity index is 1.40. The first kappa shape index (κ1) is 18.6. The summed E-state index contributed by atoms with van der Waals surface area (Å²) < 4.78 is 10.7. The van der Waals surface area contributed by atoms with Crippen LogP contribution in [0, 0.1) is 13.8 Å². The molecule has 0 fully saturated rings. The lowest BCUT2D eigenvalue weighted by Crippen LogP contribution is -2.14. The number of furan rings is 2. The minimum Gasteiger partial charge on any atom is -0.464 e. The van der Waals surface area contributed by atoms with Crippen molar-refractivity contribution in [2.24, 2.45) is 0 Å². The summed E-state index contributed by atoms with van der Waals surface area (Å²) in [4.78, 5) is 24.4. The van der Waals surface area contributed by atoms with Gasteiger partial charge in [-0.25, -0.2) is 0 Å². The first-order chi connectivity index (χ1) is 14.0. The second kappa shape index (κ2) is 7.67. The van der Waals surface area contributed by atoms with Crippen LogP contribution in [0.25, 0.3) is 11.0 Å². The normalized spacial score (nSPS) is 10.8. The van der Waals surface area contributed by atoms with Gasteiger partial charge in [0.15, 0.2) is 5.76 Å². The first-order valence-corrected chi connectivity index (χ1v) is 9.22. The van der Waals surface area contributed by atoms with Gasteiger partial charge in [-0.2, -0.15) is 0 Å². The molecular formula is C23H20N2O4. The fourth-order valence-corrected chi connectivity index (χ4v) is 3.09. The van der Waals surface area contributed by atoms with E-state index in [1.54, 1.807) is 42.7 Å². The zero-order valence-electron chi connectivity index (χ0n) is 16.1. The van der Waals surface area contributed by atoms with E-state index >= 15 is 0 Å². The van der Waals surface area contributed by atoms with Gasteiger partial charge < -0.3 is 19.5 Å². The van der Waals surface area contributed by atoms with Gasteiger partial charge in [-0.1, -0.05) is 0 Å². The van der Waals surface area contributed by atoms with Crippen LogP contribution < -0.4 is 10.6 Å². The molecule has 0 spiro atoms. The number of benzene rings is 2. The van der Waals surface area contributed by atoms with E-state index in [1.165, 1.54) is 6.26 Å². The van der Waals surface area contributed by atoms with E-state index in [0.717, 1.165) is 27.7 Å². The number of aryl methyl sites for hydroxylation is 2. The Morgan fingerprint density at radius 3 is 2.28 bits per heavy atom. The Kier molecular flexibility index (Phi) is 4.91. The van der Waals surface area contributed by atoms with Crippen LogP contribution in [0.1, 0.15) is 27.2 Å². The topological polar surface area (TPSA) is 84.5 Å². The lowest BCUT2D eigenvalue weighted by molar-refractivity contribution is -0.115. The van der Waals surface area contributed by atoms with Crippen LogP contribution in [0.3, 0.4) is 0 Å². The van der Waals surface area contributed by atoms with Crippen LogP contribution in [-0.2, 0) is 11.2 Å². The lowest BCUT2D eigenvalue weighted by atomic mass is 10.0. The lowest BCUT2D eigenvalue weighted by Gasteiger charge is -2.07. The number of amides is 2. The number of fused-ring (bicyclic) bond motifs is 1. The summed E-state index contributed by atoms with van der Waals surface area (Å²) in [5.74, 6) is -0.234. The van der Waals surface area contributed by atoms with Crippen LogP contribution in [0.2, 0.25) is 0 Å². The summed E-state index contributed by atoms with van der Waals surface area (Å²) >= 11 is 0. The maximum Gasteiger partial charge on any atom is 0.291 e. The molecule has 0 aliphatic heterocycles. The third-order valence-corrected chi connectivity index (χ3v) is 4.79. The van der Waals surface area contributed by atoms with Crippen LogP contribution in [0.15, 0.2) is 69.9 Å². The smallest absolute Gasteiger partial charge is 0.291 e. The summed E-state index contributed by atoms with van der Waals surface area (Å²) in [5, 5.41) is 6.56. The maximum atomic E-state index is 12.5. The fourth-order valence-electron chi connectivity index (χ4n) is 3.09. The average molecular weight is 388 g/mol. The van der Waals surface area contributed by atoms with Crippen LogP contribution in [-0.4, -0.2) is 11.8 Å². The van der Waals surface area contributed by atoms with Gasteiger partial charge in [-0.15, -0.1) is 0 Å². The largest absolute Gasteiger partial charge is 0.464 e. The highest BCUT2D eigenvalue weighted by molar-refractivity contribution is 6.02. The monoisotopic (exact) mass is 388 g/mol. The third-order valence-electron chi connectivity index (χ3n) is 4.79. The molecule has 0 saturated heterocycles. The SMILES string of the molecule is Cc1cc2occ(CC(=O)Nc3ccc(NC(=O)c4ccco4)cc3)c2cc1C. The van der Waals surface area contributed by atoms with Gasteiger partial charge in [0.25, 0.3) is 5.91 Å². The number of rotatable bonds is 5. The van der Waals surface area contributed by atoms with Gasteiger partial charge in [-0.3, -0.25) is 9.59 Å². The van der Waals surface area contributed by atoms with Crippen molar-refractivity contribution in [1.82, 2.24) is 0 Å². The molecule has 2 amide bonds. The molecule has 4 aromatic rings. The van der Waals surface area contributed by atoms with Gasteiger partial charge in [0.05, 0.1) is 18.9 Å². The summed E-state index contributed by atoms with van der Waals surface area (Å²) in [7, 11) is 0. The van der Waals surface area contributed by atoms with Crippen molar-refractivity contribution in [3.63, 3.8) is 0 Å². The third kappa shape index (κ3) is 4.06. The molecule has 0 radical (unpaired) electrons. The predicted molar refractivity (Wildman–Crippen MR) is 111 cm³/mol. The Morgan fingerprint density at radius 1 is 0.897 bits per heavy atom. The number of hydrogen-bond acceptors (Lipinski definition) is 4. The summed E-state index contributed by atoms with van der Waals surface area (Å²) in [6.45, 7) is 4.07. The van der Waals surface area contributed by atoms with Gasteiger partial charge in [-0.05, 0) is 73.5 Å². The predicted octanol–water partition coefficient (Wildman–Crippen LogP) is 5.08. The highest BCUT2D eigenvalue weighted by Gasteiger charge is 2.13. The summed E-state index contributed by atoms with van der Waals surface area (Å²) in [6.07, 6.45) is 3.29. The molecule has 2 aromatic carbocycles. The molecule has 0 atom stereocenters. The van der Waals surface area contributed by atoms with Gasteiger partial charge in [0.1, 0.15) is 5.58 Å². The number of nitrogens with one attached hydrogen (secondary N) is 2. The molecule has 2 heterocycles. The molecule has 2 aromatic heterocycles. The van der Waals surface area contributed by atoms with Gasteiger partial charge >= 0.3 is 0 Å².